The van der Waals surface area contributed by atoms with Gasteiger partial charge in [0.1, 0.15) is 10.9 Å². The first kappa shape index (κ1) is 16.7. The molecule has 0 aliphatic carbocycles. The molecule has 1 aromatic carbocycles. The van der Waals surface area contributed by atoms with Gasteiger partial charge < -0.3 is 0 Å². The van der Waals surface area contributed by atoms with Crippen molar-refractivity contribution >= 4 is 10.0 Å². The third-order valence-electron chi connectivity index (χ3n) is 4.47. The van der Waals surface area contributed by atoms with Gasteiger partial charge in [-0.1, -0.05) is 30.3 Å². The third kappa shape index (κ3) is 2.56. The Morgan fingerprint density at radius 1 is 1.08 bits per heavy atom. The maximum Gasteiger partial charge on any atom is 0.345 e. The van der Waals surface area contributed by atoms with Crippen LogP contribution in [0.3, 0.4) is 0 Å². The Kier molecular flexibility index (Phi) is 3.97. The largest absolute Gasteiger partial charge is 0.345 e. The Morgan fingerprint density at radius 3 is 2.54 bits per heavy atom. The van der Waals surface area contributed by atoms with E-state index in [1.807, 2.05) is 30.3 Å². The van der Waals surface area contributed by atoms with Crippen LogP contribution in [0.4, 0.5) is 0 Å². The standard InChI is InChI=1S/C17H17N5O3S/c1-20-17(23)21-10-11-22(26(24,25)14-8-5-9-18-12-14)15(16(21)19-20)13-6-3-2-4-7-13/h2-9,12,15H,10-11H2,1H3. The van der Waals surface area contributed by atoms with Crippen molar-refractivity contribution in [3.8, 4) is 0 Å². The lowest BCUT2D eigenvalue weighted by atomic mass is 10.1. The van der Waals surface area contributed by atoms with Crippen molar-refractivity contribution in [3.05, 3.63) is 76.7 Å². The minimum Gasteiger partial charge on any atom is -0.276 e. The van der Waals surface area contributed by atoms with Crippen LogP contribution in [0, 0.1) is 0 Å². The van der Waals surface area contributed by atoms with E-state index in [-0.39, 0.29) is 23.7 Å². The van der Waals surface area contributed by atoms with Crippen LogP contribution in [0.15, 0.2) is 64.5 Å². The Labute approximate surface area is 150 Å². The van der Waals surface area contributed by atoms with Gasteiger partial charge in [0.2, 0.25) is 10.0 Å². The number of aromatic nitrogens is 4. The topological polar surface area (TPSA) is 90.1 Å². The number of fused-ring (bicyclic) bond motifs is 1. The van der Waals surface area contributed by atoms with Crippen LogP contribution < -0.4 is 5.69 Å². The zero-order valence-electron chi connectivity index (χ0n) is 14.1. The van der Waals surface area contributed by atoms with Crippen LogP contribution in [0.5, 0.6) is 0 Å². The van der Waals surface area contributed by atoms with E-state index in [0.29, 0.717) is 5.82 Å². The molecule has 0 N–H and O–H groups in total. The van der Waals surface area contributed by atoms with Gasteiger partial charge in [-0.25, -0.2) is 17.9 Å². The fourth-order valence-corrected chi connectivity index (χ4v) is 4.77. The van der Waals surface area contributed by atoms with Crippen LogP contribution in [0.1, 0.15) is 17.4 Å². The minimum atomic E-state index is -3.80. The highest BCUT2D eigenvalue weighted by atomic mass is 32.2. The lowest BCUT2D eigenvalue weighted by Gasteiger charge is -2.34. The second-order valence-corrected chi connectivity index (χ2v) is 7.92. The van der Waals surface area contributed by atoms with E-state index in [0.717, 1.165) is 5.56 Å². The lowest BCUT2D eigenvalue weighted by molar-refractivity contribution is 0.289. The second-order valence-electron chi connectivity index (χ2n) is 6.03. The van der Waals surface area contributed by atoms with E-state index in [2.05, 4.69) is 10.1 Å². The number of hydrogen-bond acceptors (Lipinski definition) is 5. The number of rotatable bonds is 3. The summed E-state index contributed by atoms with van der Waals surface area (Å²) in [5.41, 5.74) is 0.505. The maximum absolute atomic E-state index is 13.2. The van der Waals surface area contributed by atoms with Crippen LogP contribution in [0.25, 0.3) is 0 Å². The number of benzene rings is 1. The van der Waals surface area contributed by atoms with Crippen molar-refractivity contribution in [3.63, 3.8) is 0 Å². The molecule has 8 nitrogen and oxygen atoms in total. The highest BCUT2D eigenvalue weighted by Crippen LogP contribution is 2.34. The van der Waals surface area contributed by atoms with E-state index >= 15 is 0 Å². The molecule has 9 heteroatoms. The van der Waals surface area contributed by atoms with Crippen molar-refractivity contribution in [2.45, 2.75) is 17.5 Å². The molecule has 3 aromatic rings. The molecule has 0 saturated heterocycles. The van der Waals surface area contributed by atoms with Crippen molar-refractivity contribution in [2.75, 3.05) is 6.54 Å². The number of pyridine rings is 1. The van der Waals surface area contributed by atoms with Crippen LogP contribution in [-0.2, 0) is 23.6 Å². The minimum absolute atomic E-state index is 0.118. The zero-order chi connectivity index (χ0) is 18.3. The Balaban J connectivity index is 1.91. The lowest BCUT2D eigenvalue weighted by Crippen LogP contribution is -2.44. The molecule has 4 rings (SSSR count). The molecule has 0 fully saturated rings. The summed E-state index contributed by atoms with van der Waals surface area (Å²) in [6, 6.07) is 11.6. The average Bonchev–Trinajstić information content (AvgIpc) is 2.96. The molecule has 1 aliphatic heterocycles. The van der Waals surface area contributed by atoms with Crippen LogP contribution in [-0.4, -0.2) is 38.6 Å². The van der Waals surface area contributed by atoms with Gasteiger partial charge in [-0.15, -0.1) is 0 Å². The molecular weight excluding hydrogens is 354 g/mol. The van der Waals surface area contributed by atoms with Gasteiger partial charge in [0.25, 0.3) is 0 Å². The molecular formula is C17H17N5O3S. The number of hydrogen-bond donors (Lipinski definition) is 0. The average molecular weight is 371 g/mol. The normalized spacial score (nSPS) is 17.8. The van der Waals surface area contributed by atoms with Crippen molar-refractivity contribution in [1.82, 2.24) is 23.6 Å². The fourth-order valence-electron chi connectivity index (χ4n) is 3.24. The van der Waals surface area contributed by atoms with Crippen molar-refractivity contribution < 1.29 is 8.42 Å². The van der Waals surface area contributed by atoms with Crippen LogP contribution in [0.2, 0.25) is 0 Å². The monoisotopic (exact) mass is 371 g/mol. The second kappa shape index (κ2) is 6.19. The Bertz CT molecular complexity index is 1090. The first-order valence-corrected chi connectivity index (χ1v) is 9.54. The molecule has 1 unspecified atom stereocenters. The highest BCUT2D eigenvalue weighted by Gasteiger charge is 2.40. The van der Waals surface area contributed by atoms with Crippen LogP contribution >= 0.6 is 0 Å². The Hall–Kier alpha value is -2.78. The summed E-state index contributed by atoms with van der Waals surface area (Å²) in [6.45, 7) is 0.431. The molecule has 2 aromatic heterocycles. The first-order chi connectivity index (χ1) is 12.5. The van der Waals surface area contributed by atoms with Gasteiger partial charge in [-0.2, -0.15) is 9.40 Å². The molecule has 1 aliphatic rings. The number of aryl methyl sites for hydroxylation is 1. The summed E-state index contributed by atoms with van der Waals surface area (Å²) in [7, 11) is -2.23. The number of sulfonamides is 1. The van der Waals surface area contributed by atoms with E-state index in [4.69, 9.17) is 0 Å². The van der Waals surface area contributed by atoms with Gasteiger partial charge in [-0.05, 0) is 17.7 Å². The first-order valence-electron chi connectivity index (χ1n) is 8.10. The molecule has 0 amide bonds. The van der Waals surface area contributed by atoms with Crippen molar-refractivity contribution in [2.24, 2.45) is 7.05 Å². The summed E-state index contributed by atoms with van der Waals surface area (Å²) in [5.74, 6) is 0.419. The highest BCUT2D eigenvalue weighted by molar-refractivity contribution is 7.89. The maximum atomic E-state index is 13.2. The smallest absolute Gasteiger partial charge is 0.276 e. The molecule has 0 saturated carbocycles. The van der Waals surface area contributed by atoms with Crippen molar-refractivity contribution in [1.29, 1.82) is 0 Å². The number of nitrogens with zero attached hydrogens (tertiary/aromatic N) is 5. The molecule has 26 heavy (non-hydrogen) atoms. The molecule has 134 valence electrons. The van der Waals surface area contributed by atoms with Gasteiger partial charge in [0, 0.05) is 32.5 Å². The van der Waals surface area contributed by atoms with E-state index in [1.165, 1.54) is 32.0 Å². The fraction of sp³-hybridized carbons (Fsp3) is 0.235. The Morgan fingerprint density at radius 2 is 1.85 bits per heavy atom. The zero-order valence-corrected chi connectivity index (χ0v) is 14.9. The molecule has 3 heterocycles. The summed E-state index contributed by atoms with van der Waals surface area (Å²) in [4.78, 5) is 16.3. The van der Waals surface area contributed by atoms with Gasteiger partial charge in [0.05, 0.1) is 0 Å². The van der Waals surface area contributed by atoms with E-state index in [1.54, 1.807) is 13.1 Å². The quantitative estimate of drug-likeness (QED) is 0.678. The van der Waals surface area contributed by atoms with Gasteiger partial charge in [0.15, 0.2) is 5.82 Å². The van der Waals surface area contributed by atoms with E-state index in [9.17, 15) is 13.2 Å². The third-order valence-corrected chi connectivity index (χ3v) is 6.32. The van der Waals surface area contributed by atoms with E-state index < -0.39 is 16.1 Å². The van der Waals surface area contributed by atoms with Gasteiger partial charge in [-0.3, -0.25) is 9.55 Å². The summed E-state index contributed by atoms with van der Waals surface area (Å²) in [6.07, 6.45) is 2.86. The molecule has 0 bridgehead atoms. The SMILES string of the molecule is Cn1nc2n(c1=O)CCN(S(=O)(=O)c1cccnc1)C2c1ccccc1. The summed E-state index contributed by atoms with van der Waals surface area (Å²) in [5, 5.41) is 4.31. The van der Waals surface area contributed by atoms with Gasteiger partial charge >= 0.3 is 5.69 Å². The molecule has 0 spiro atoms. The summed E-state index contributed by atoms with van der Waals surface area (Å²) >= 11 is 0. The molecule has 1 atom stereocenters. The predicted octanol–water partition coefficient (Wildman–Crippen LogP) is 0.771. The predicted molar refractivity (Wildman–Crippen MR) is 93.9 cm³/mol. The molecule has 0 radical (unpaired) electrons. The summed E-state index contributed by atoms with van der Waals surface area (Å²) < 4.78 is 30.6.